The number of amides is 1. The number of fused-ring (bicyclic) bond motifs is 1. The third kappa shape index (κ3) is 8.14. The zero-order valence-corrected chi connectivity index (χ0v) is 27.9. The number of thiophene rings is 1. The number of rotatable bonds is 8. The number of hydrogen-bond acceptors (Lipinski definition) is 8. The predicted octanol–water partition coefficient (Wildman–Crippen LogP) is 6.63. The third-order valence-corrected chi connectivity index (χ3v) is 9.26. The van der Waals surface area contributed by atoms with E-state index in [1.807, 2.05) is 36.0 Å². The number of piperidine rings is 1. The molecular formula is C32H31ClF4N6O5S. The van der Waals surface area contributed by atoms with Crippen LogP contribution in [0.15, 0.2) is 55.1 Å². The van der Waals surface area contributed by atoms with Gasteiger partial charge in [0.25, 0.3) is 5.91 Å². The second-order valence-corrected chi connectivity index (χ2v) is 12.7. The molecule has 0 spiro atoms. The maximum Gasteiger partial charge on any atom is 0.490 e. The number of benzene rings is 2. The molecule has 1 atom stereocenters. The van der Waals surface area contributed by atoms with Crippen molar-refractivity contribution in [3.05, 3.63) is 76.4 Å². The fourth-order valence-corrected chi connectivity index (χ4v) is 6.45. The number of alkyl halides is 3. The highest BCUT2D eigenvalue weighted by Gasteiger charge is 2.38. The molecule has 6 rings (SSSR count). The summed E-state index contributed by atoms with van der Waals surface area (Å²) in [7, 11) is 3.92. The maximum absolute atomic E-state index is 14.8. The Morgan fingerprint density at radius 1 is 1.12 bits per heavy atom. The van der Waals surface area contributed by atoms with Crippen LogP contribution in [0, 0.1) is 5.82 Å². The summed E-state index contributed by atoms with van der Waals surface area (Å²) in [5, 5.41) is 12.2. The van der Waals surface area contributed by atoms with Gasteiger partial charge in [-0.3, -0.25) is 14.0 Å². The van der Waals surface area contributed by atoms with Crippen LogP contribution < -0.4 is 15.2 Å². The number of aryl methyl sites for hydroxylation is 1. The SMILES string of the molecule is CC(Oc1cc(-n2cnc3cc(-c4cnn(C)c4)ccc32)sc1C(N)=O)c1ccc(F)c(OC2CCN(C)CC2)c1Cl.O=C(O)C(F)(F)F. The van der Waals surface area contributed by atoms with Crippen molar-refractivity contribution in [2.75, 3.05) is 20.1 Å². The first kappa shape index (κ1) is 35.6. The summed E-state index contributed by atoms with van der Waals surface area (Å²) in [5.41, 5.74) is 9.92. The normalized spacial score (nSPS) is 14.7. The number of primary amides is 1. The van der Waals surface area contributed by atoms with Gasteiger partial charge in [0, 0.05) is 43.5 Å². The van der Waals surface area contributed by atoms with E-state index in [-0.39, 0.29) is 21.8 Å². The molecule has 3 aromatic heterocycles. The number of ether oxygens (including phenoxy) is 2. The average Bonchev–Trinajstić information content (AvgIpc) is 3.78. The summed E-state index contributed by atoms with van der Waals surface area (Å²) in [4.78, 5) is 28.4. The minimum atomic E-state index is -5.08. The van der Waals surface area contributed by atoms with Gasteiger partial charge in [-0.1, -0.05) is 23.7 Å². The number of imidazole rings is 1. The van der Waals surface area contributed by atoms with E-state index in [0.29, 0.717) is 16.3 Å². The van der Waals surface area contributed by atoms with Gasteiger partial charge < -0.3 is 25.2 Å². The zero-order chi connectivity index (χ0) is 35.6. The lowest BCUT2D eigenvalue weighted by Gasteiger charge is -2.30. The highest BCUT2D eigenvalue weighted by atomic mass is 35.5. The van der Waals surface area contributed by atoms with Crippen LogP contribution in [0.5, 0.6) is 11.5 Å². The molecule has 4 heterocycles. The first-order chi connectivity index (χ1) is 23.1. The number of halogens is 5. The molecule has 1 aliphatic heterocycles. The van der Waals surface area contributed by atoms with Crippen LogP contribution in [-0.4, -0.2) is 73.6 Å². The molecule has 260 valence electrons. The van der Waals surface area contributed by atoms with E-state index in [1.165, 1.54) is 17.4 Å². The lowest BCUT2D eigenvalue weighted by molar-refractivity contribution is -0.192. The van der Waals surface area contributed by atoms with Crippen molar-refractivity contribution in [1.29, 1.82) is 0 Å². The number of likely N-dealkylation sites (tertiary alicyclic amines) is 1. The van der Waals surface area contributed by atoms with E-state index >= 15 is 0 Å². The minimum absolute atomic E-state index is 0.0239. The topological polar surface area (TPSA) is 138 Å². The molecule has 0 saturated carbocycles. The van der Waals surface area contributed by atoms with Crippen molar-refractivity contribution < 1.29 is 41.7 Å². The smallest absolute Gasteiger partial charge is 0.486 e. The lowest BCUT2D eigenvalue weighted by atomic mass is 10.1. The second kappa shape index (κ2) is 14.4. The molecule has 1 aliphatic rings. The molecule has 3 N–H and O–H groups in total. The van der Waals surface area contributed by atoms with Crippen molar-refractivity contribution in [2.24, 2.45) is 12.8 Å². The van der Waals surface area contributed by atoms with Crippen LogP contribution in [-0.2, 0) is 11.8 Å². The summed E-state index contributed by atoms with van der Waals surface area (Å²) in [6.45, 7) is 3.53. The minimum Gasteiger partial charge on any atom is -0.486 e. The van der Waals surface area contributed by atoms with Crippen LogP contribution in [0.4, 0.5) is 17.6 Å². The maximum atomic E-state index is 14.8. The van der Waals surface area contributed by atoms with Crippen LogP contribution in [0.2, 0.25) is 5.02 Å². The molecule has 11 nitrogen and oxygen atoms in total. The van der Waals surface area contributed by atoms with E-state index in [2.05, 4.69) is 22.0 Å². The van der Waals surface area contributed by atoms with Crippen LogP contribution >= 0.6 is 22.9 Å². The van der Waals surface area contributed by atoms with Crippen LogP contribution in [0.1, 0.15) is 41.1 Å². The molecular weight excluding hydrogens is 692 g/mol. The number of carbonyl (C=O) groups is 2. The largest absolute Gasteiger partial charge is 0.490 e. The number of carbonyl (C=O) groups excluding carboxylic acids is 1. The molecule has 5 aromatic rings. The third-order valence-electron chi connectivity index (χ3n) is 7.74. The molecule has 17 heteroatoms. The van der Waals surface area contributed by atoms with Crippen molar-refractivity contribution in [2.45, 2.75) is 38.1 Å². The van der Waals surface area contributed by atoms with E-state index < -0.39 is 30.0 Å². The van der Waals surface area contributed by atoms with Gasteiger partial charge in [0.1, 0.15) is 34.2 Å². The van der Waals surface area contributed by atoms with Gasteiger partial charge in [-0.25, -0.2) is 14.2 Å². The van der Waals surface area contributed by atoms with Gasteiger partial charge in [-0.15, -0.1) is 11.3 Å². The Balaban J connectivity index is 0.000000606. The fourth-order valence-electron chi connectivity index (χ4n) is 5.17. The van der Waals surface area contributed by atoms with Gasteiger partial charge in [0.2, 0.25) is 0 Å². The molecule has 1 unspecified atom stereocenters. The Morgan fingerprint density at radius 3 is 2.43 bits per heavy atom. The van der Waals surface area contributed by atoms with Gasteiger partial charge >= 0.3 is 12.1 Å². The van der Waals surface area contributed by atoms with E-state index in [4.69, 9.17) is 36.7 Å². The predicted molar refractivity (Wildman–Crippen MR) is 175 cm³/mol. The number of carboxylic acids is 1. The molecule has 49 heavy (non-hydrogen) atoms. The highest BCUT2D eigenvalue weighted by molar-refractivity contribution is 7.16. The van der Waals surface area contributed by atoms with Crippen molar-refractivity contribution in [1.82, 2.24) is 24.2 Å². The zero-order valence-electron chi connectivity index (χ0n) is 26.4. The summed E-state index contributed by atoms with van der Waals surface area (Å²) in [6, 6.07) is 10.6. The van der Waals surface area contributed by atoms with E-state index in [0.717, 1.165) is 48.1 Å². The lowest BCUT2D eigenvalue weighted by Crippen LogP contribution is -2.35. The van der Waals surface area contributed by atoms with Gasteiger partial charge in [0.15, 0.2) is 11.6 Å². The number of carboxylic acid groups (broad SMARTS) is 1. The average molecular weight is 723 g/mol. The van der Waals surface area contributed by atoms with Crippen molar-refractivity contribution in [3.63, 3.8) is 0 Å². The van der Waals surface area contributed by atoms with Gasteiger partial charge in [0.05, 0.1) is 22.3 Å². The Hall–Kier alpha value is -4.67. The van der Waals surface area contributed by atoms with Crippen molar-refractivity contribution >= 4 is 45.8 Å². The highest BCUT2D eigenvalue weighted by Crippen LogP contribution is 2.40. The summed E-state index contributed by atoms with van der Waals surface area (Å²) in [5.74, 6) is -3.57. The van der Waals surface area contributed by atoms with Crippen molar-refractivity contribution in [3.8, 4) is 27.6 Å². The molecule has 0 bridgehead atoms. The van der Waals surface area contributed by atoms with Crippen LogP contribution in [0.3, 0.4) is 0 Å². The number of nitrogens with two attached hydrogens (primary N) is 1. The monoisotopic (exact) mass is 722 g/mol. The molecule has 0 aliphatic carbocycles. The quantitative estimate of drug-likeness (QED) is 0.171. The molecule has 0 radical (unpaired) electrons. The number of nitrogens with zero attached hydrogens (tertiary/aromatic N) is 5. The standard InChI is InChI=1S/C30H30ClFN6O3S.C2HF3O2/c1-17(21-5-6-22(32)28(27(21)31)41-20-8-10-36(2)11-9-20)40-25-13-26(42-29(25)30(33)39)38-16-34-23-12-18(4-7-24(23)38)19-14-35-37(3)15-19;3-2(4,5)1(6)7/h4-7,12-17,20H,8-11H2,1-3H3,(H2,33,39);(H,6,7). The van der Waals surface area contributed by atoms with E-state index in [9.17, 15) is 22.4 Å². The first-order valence-corrected chi connectivity index (χ1v) is 16.0. The van der Waals surface area contributed by atoms with Gasteiger partial charge in [-0.2, -0.15) is 18.3 Å². The Labute approximate surface area is 286 Å². The fraction of sp³-hybridized carbons (Fsp3) is 0.312. The first-order valence-electron chi connectivity index (χ1n) is 14.8. The van der Waals surface area contributed by atoms with Crippen LogP contribution in [0.25, 0.3) is 27.2 Å². The second-order valence-electron chi connectivity index (χ2n) is 11.3. The number of aliphatic carboxylic acids is 1. The molecule has 1 saturated heterocycles. The van der Waals surface area contributed by atoms with E-state index in [1.54, 1.807) is 36.3 Å². The summed E-state index contributed by atoms with van der Waals surface area (Å²) in [6.07, 6.45) is 1.19. The number of hydrogen-bond donors (Lipinski definition) is 2. The summed E-state index contributed by atoms with van der Waals surface area (Å²) < 4.78 is 62.4. The van der Waals surface area contributed by atoms with Gasteiger partial charge in [-0.05, 0) is 50.6 Å². The number of aromatic nitrogens is 4. The summed E-state index contributed by atoms with van der Waals surface area (Å²) >= 11 is 7.88. The Bertz CT molecular complexity index is 1990. The Kier molecular flexibility index (Phi) is 10.5. The molecule has 2 aromatic carbocycles. The molecule has 1 amide bonds. The molecule has 1 fully saturated rings. The Morgan fingerprint density at radius 2 is 1.82 bits per heavy atom.